The van der Waals surface area contributed by atoms with E-state index in [2.05, 4.69) is 4.74 Å². The molecule has 0 bridgehead atoms. The number of hydrogen-bond acceptors (Lipinski definition) is 3. The van der Waals surface area contributed by atoms with Gasteiger partial charge in [-0.3, -0.25) is 0 Å². The van der Waals surface area contributed by atoms with Crippen molar-refractivity contribution in [3.05, 3.63) is 0 Å². The molecule has 0 aliphatic carbocycles. The molecule has 0 aromatic rings. The van der Waals surface area contributed by atoms with Crippen molar-refractivity contribution in [2.75, 3.05) is 6.61 Å². The Balaban J connectivity index is -0.000000245. The zero-order valence-electron chi connectivity index (χ0n) is 5.55. The van der Waals surface area contributed by atoms with Gasteiger partial charge in [-0.1, -0.05) is 0 Å². The molecule has 0 spiro atoms. The summed E-state index contributed by atoms with van der Waals surface area (Å²) in [5, 5.41) is 8.48. The molecule has 1 atom stereocenters. The molecule has 0 aliphatic rings. The van der Waals surface area contributed by atoms with Gasteiger partial charge in [0.25, 0.3) is 0 Å². The minimum atomic E-state index is -0.991. The Bertz CT molecular complexity index is 83.7. The van der Waals surface area contributed by atoms with Crippen LogP contribution < -0.4 is 0 Å². The van der Waals surface area contributed by atoms with Gasteiger partial charge >= 0.3 is 43.7 Å². The van der Waals surface area contributed by atoms with E-state index in [1.54, 1.807) is 6.92 Å². The van der Waals surface area contributed by atoms with E-state index < -0.39 is 12.1 Å². The third-order valence-electron chi connectivity index (χ3n) is 0.628. The van der Waals surface area contributed by atoms with E-state index in [0.29, 0.717) is 6.61 Å². The fourth-order valence-corrected chi connectivity index (χ4v) is 0.263. The summed E-state index contributed by atoms with van der Waals surface area (Å²) in [5.74, 6) is -0.562. The second-order valence-electron chi connectivity index (χ2n) is 1.43. The van der Waals surface area contributed by atoms with Crippen LogP contribution in [-0.2, 0) is 9.53 Å². The van der Waals surface area contributed by atoms with E-state index in [-0.39, 0.29) is 43.2 Å². The molecule has 0 aliphatic heterocycles. The first-order valence-corrected chi connectivity index (χ1v) is 2.53. The van der Waals surface area contributed by atoms with Crippen molar-refractivity contribution in [3.63, 3.8) is 0 Å². The number of carbonyl (C=O) groups excluding carboxylic acids is 1. The predicted molar refractivity (Wildman–Crippen MR) is 40.5 cm³/mol. The predicted octanol–water partition coefficient (Wildman–Crippen LogP) is -1.81. The van der Waals surface area contributed by atoms with Gasteiger partial charge in [-0.05, 0) is 13.8 Å². The van der Waals surface area contributed by atoms with Crippen molar-refractivity contribution in [2.45, 2.75) is 20.0 Å². The molecule has 0 fully saturated rings. The summed E-state index contributed by atoms with van der Waals surface area (Å²) in [6.45, 7) is 3.39. The van der Waals surface area contributed by atoms with Gasteiger partial charge in [0, 0.05) is 0 Å². The van der Waals surface area contributed by atoms with Gasteiger partial charge in [0.05, 0.1) is 6.61 Å². The Labute approximate surface area is 89.9 Å². The normalized spacial score (nSPS) is 10.3. The number of esters is 1. The molecule has 0 heterocycles. The van der Waals surface area contributed by atoms with Crippen LogP contribution in [0.4, 0.5) is 0 Å². The van der Waals surface area contributed by atoms with Crippen LogP contribution in [0, 0.1) is 0 Å². The summed E-state index contributed by atoms with van der Waals surface area (Å²) in [5.41, 5.74) is 0. The molecule has 3 N–H and O–H groups in total. The Morgan fingerprint density at radius 3 is 2.20 bits per heavy atom. The molecule has 4 nitrogen and oxygen atoms in total. The van der Waals surface area contributed by atoms with Crippen molar-refractivity contribution in [1.82, 2.24) is 0 Å². The fraction of sp³-hybridized carbons (Fsp3) is 0.800. The van der Waals surface area contributed by atoms with Crippen molar-refractivity contribution < 1.29 is 20.1 Å². The van der Waals surface area contributed by atoms with Crippen LogP contribution in [0.5, 0.6) is 0 Å². The molecule has 5 heteroatoms. The van der Waals surface area contributed by atoms with Crippen LogP contribution in [0.1, 0.15) is 13.8 Å². The average molecular weight is 178 g/mol. The topological polar surface area (TPSA) is 78.0 Å². The molecule has 0 aromatic heterocycles. The molecule has 0 amide bonds. The maximum atomic E-state index is 10.3. The number of hydrogen-bond donors (Lipinski definition) is 1. The Morgan fingerprint density at radius 2 is 2.10 bits per heavy atom. The average Bonchev–Trinajstić information content (AvgIpc) is 1.67. The van der Waals surface area contributed by atoms with Crippen molar-refractivity contribution in [1.29, 1.82) is 0 Å². The second kappa shape index (κ2) is 9.65. The number of aliphatic hydroxyl groups is 1. The summed E-state index contributed by atoms with van der Waals surface area (Å²) in [6, 6.07) is 0. The van der Waals surface area contributed by atoms with E-state index in [0.717, 1.165) is 0 Å². The number of aliphatic hydroxyl groups excluding tert-OH is 1. The van der Waals surface area contributed by atoms with Crippen molar-refractivity contribution in [2.24, 2.45) is 0 Å². The quantitative estimate of drug-likeness (QED) is 0.400. The second-order valence-corrected chi connectivity index (χ2v) is 1.43. The van der Waals surface area contributed by atoms with Crippen LogP contribution in [0.3, 0.4) is 0 Å². The zero-order valence-corrected chi connectivity index (χ0v) is 5.55. The first-order valence-electron chi connectivity index (χ1n) is 2.53. The first-order chi connectivity index (χ1) is 3.68. The fourth-order valence-electron chi connectivity index (χ4n) is 0.263. The summed E-state index contributed by atoms with van der Waals surface area (Å²) in [7, 11) is 0. The van der Waals surface area contributed by atoms with Gasteiger partial charge in [-0.15, -0.1) is 0 Å². The standard InChI is InChI=1S/C5H10O3.Ca.H2O.2H/c1-3-8-5(7)4(2)6;;;;/h4,6H,3H2,1-2H3;;1H2;;. The van der Waals surface area contributed by atoms with Crippen LogP contribution in [0.25, 0.3) is 0 Å². The van der Waals surface area contributed by atoms with Crippen LogP contribution in [0.2, 0.25) is 0 Å². The van der Waals surface area contributed by atoms with E-state index in [1.807, 2.05) is 0 Å². The molecular formula is C5H14CaO4. The molecule has 0 saturated carbocycles. The van der Waals surface area contributed by atoms with Gasteiger partial charge in [0.15, 0.2) is 0 Å². The van der Waals surface area contributed by atoms with E-state index in [4.69, 9.17) is 5.11 Å². The Hall–Kier alpha value is 0.650. The van der Waals surface area contributed by atoms with Gasteiger partial charge < -0.3 is 15.3 Å². The van der Waals surface area contributed by atoms with E-state index in [1.165, 1.54) is 6.92 Å². The molecule has 0 aromatic carbocycles. The molecule has 10 heavy (non-hydrogen) atoms. The summed E-state index contributed by atoms with van der Waals surface area (Å²) in [4.78, 5) is 10.3. The summed E-state index contributed by atoms with van der Waals surface area (Å²) >= 11 is 0. The third-order valence-corrected chi connectivity index (χ3v) is 0.628. The van der Waals surface area contributed by atoms with Gasteiger partial charge in [-0.25, -0.2) is 4.79 Å². The maximum absolute atomic E-state index is 10.3. The van der Waals surface area contributed by atoms with Crippen LogP contribution in [-0.4, -0.2) is 67.0 Å². The minimum absolute atomic E-state index is 0. The van der Waals surface area contributed by atoms with Crippen LogP contribution in [0.15, 0.2) is 0 Å². The molecule has 0 radical (unpaired) electrons. The molecule has 0 saturated heterocycles. The van der Waals surface area contributed by atoms with Gasteiger partial charge in [0.1, 0.15) is 6.10 Å². The Kier molecular flexibility index (Phi) is 16.4. The van der Waals surface area contributed by atoms with Gasteiger partial charge in [-0.2, -0.15) is 0 Å². The molecule has 1 unspecified atom stereocenters. The zero-order chi connectivity index (χ0) is 6.57. The van der Waals surface area contributed by atoms with Crippen molar-refractivity contribution >= 4 is 43.7 Å². The van der Waals surface area contributed by atoms with Gasteiger partial charge in [0.2, 0.25) is 0 Å². The number of rotatable bonds is 2. The van der Waals surface area contributed by atoms with E-state index in [9.17, 15) is 4.79 Å². The summed E-state index contributed by atoms with van der Waals surface area (Å²) < 4.78 is 4.41. The first kappa shape index (κ1) is 16.9. The molecule has 60 valence electrons. The monoisotopic (exact) mass is 178 g/mol. The third kappa shape index (κ3) is 8.65. The van der Waals surface area contributed by atoms with Crippen molar-refractivity contribution in [3.8, 4) is 0 Å². The number of carbonyl (C=O) groups is 1. The Morgan fingerprint density at radius 1 is 1.70 bits per heavy atom. The molecular weight excluding hydrogens is 164 g/mol. The summed E-state index contributed by atoms with van der Waals surface area (Å²) in [6.07, 6.45) is -0.991. The molecule has 0 rings (SSSR count). The SMILES string of the molecule is CCOC(=O)C(C)O.O.[CaH2]. The van der Waals surface area contributed by atoms with Crippen LogP contribution >= 0.6 is 0 Å². The number of ether oxygens (including phenoxy) is 1. The van der Waals surface area contributed by atoms with E-state index >= 15 is 0 Å².